The Balaban J connectivity index is 2.60. The summed E-state index contributed by atoms with van der Waals surface area (Å²) in [6.07, 6.45) is 0.809. The fourth-order valence-electron chi connectivity index (χ4n) is 1.02. The van der Waals surface area contributed by atoms with E-state index in [9.17, 15) is 5.11 Å². The van der Waals surface area contributed by atoms with Gasteiger partial charge in [0.25, 0.3) is 0 Å². The zero-order chi connectivity index (χ0) is 10.4. The van der Waals surface area contributed by atoms with E-state index >= 15 is 0 Å². The average molecular weight is 197 g/mol. The molecule has 0 bridgehead atoms. The van der Waals surface area contributed by atoms with Crippen molar-refractivity contribution in [1.82, 2.24) is 0 Å². The van der Waals surface area contributed by atoms with Gasteiger partial charge in [-0.2, -0.15) is 0 Å². The maximum Gasteiger partial charge on any atom is 0.164 e. The monoisotopic (exact) mass is 197 g/mol. The first-order chi connectivity index (χ1) is 6.77. The van der Waals surface area contributed by atoms with E-state index < -0.39 is 0 Å². The largest absolute Gasteiger partial charge is 0.504 e. The molecule has 3 N–H and O–H groups in total. The van der Waals surface area contributed by atoms with Crippen LogP contribution in [-0.2, 0) is 0 Å². The number of phenolic OH excluding ortho intramolecular Hbond substituents is 1. The summed E-state index contributed by atoms with van der Waals surface area (Å²) in [5.74, 6) is 1.20. The van der Waals surface area contributed by atoms with E-state index in [-0.39, 0.29) is 5.75 Å². The van der Waals surface area contributed by atoms with Gasteiger partial charge in [0, 0.05) is 6.07 Å². The topological polar surface area (TPSA) is 64.7 Å². The van der Waals surface area contributed by atoms with Crippen LogP contribution in [-0.4, -0.2) is 25.4 Å². The van der Waals surface area contributed by atoms with Gasteiger partial charge in [-0.05, 0) is 25.1 Å². The Kier molecular flexibility index (Phi) is 4.07. The normalized spacial score (nSPS) is 9.86. The molecule has 0 atom stereocenters. The molecule has 0 aliphatic carbocycles. The van der Waals surface area contributed by atoms with Crippen LogP contribution in [0.3, 0.4) is 0 Å². The van der Waals surface area contributed by atoms with E-state index in [2.05, 4.69) is 0 Å². The summed E-state index contributed by atoms with van der Waals surface area (Å²) in [5, 5.41) is 9.31. The van der Waals surface area contributed by atoms with Crippen molar-refractivity contribution in [2.45, 2.75) is 6.42 Å². The molecule has 0 unspecified atom stereocenters. The number of rotatable bonds is 5. The minimum absolute atomic E-state index is 0.110. The Bertz CT molecular complexity index is 289. The third kappa shape index (κ3) is 2.81. The highest BCUT2D eigenvalue weighted by Gasteiger charge is 2.02. The second-order valence-corrected chi connectivity index (χ2v) is 2.82. The van der Waals surface area contributed by atoms with E-state index in [1.54, 1.807) is 12.1 Å². The molecule has 1 rings (SSSR count). The molecular formula is C10H15NO3. The second kappa shape index (κ2) is 5.34. The summed E-state index contributed by atoms with van der Waals surface area (Å²) < 4.78 is 10.3. The number of nitrogens with two attached hydrogens (primary N) is 1. The van der Waals surface area contributed by atoms with Crippen molar-refractivity contribution >= 4 is 0 Å². The summed E-state index contributed by atoms with van der Waals surface area (Å²) in [6.45, 7) is 1.18. The number of methoxy groups -OCH3 is 1. The van der Waals surface area contributed by atoms with Gasteiger partial charge in [-0.1, -0.05) is 0 Å². The molecule has 0 heterocycles. The molecule has 14 heavy (non-hydrogen) atoms. The Morgan fingerprint density at radius 3 is 2.86 bits per heavy atom. The summed E-state index contributed by atoms with van der Waals surface area (Å²) in [7, 11) is 1.50. The van der Waals surface area contributed by atoms with Crippen LogP contribution in [0, 0.1) is 0 Å². The van der Waals surface area contributed by atoms with E-state index in [0.717, 1.165) is 6.42 Å². The Hall–Kier alpha value is -1.42. The van der Waals surface area contributed by atoms with Crippen molar-refractivity contribution in [3.05, 3.63) is 18.2 Å². The Labute approximate surface area is 83.3 Å². The predicted molar refractivity (Wildman–Crippen MR) is 53.8 cm³/mol. The lowest BCUT2D eigenvalue weighted by molar-refractivity contribution is 0.308. The lowest BCUT2D eigenvalue weighted by Gasteiger charge is -2.08. The van der Waals surface area contributed by atoms with Crippen LogP contribution in [0.15, 0.2) is 18.2 Å². The molecule has 1 aromatic rings. The highest BCUT2D eigenvalue weighted by molar-refractivity contribution is 5.44. The number of ether oxygens (including phenoxy) is 2. The quantitative estimate of drug-likeness (QED) is 0.694. The van der Waals surface area contributed by atoms with Crippen molar-refractivity contribution in [3.63, 3.8) is 0 Å². The molecule has 1 aromatic carbocycles. The molecular weight excluding hydrogens is 182 g/mol. The number of benzene rings is 1. The SMILES string of the molecule is COc1cc(OCCCN)ccc1O. The van der Waals surface area contributed by atoms with Crippen molar-refractivity contribution in [2.24, 2.45) is 5.73 Å². The molecule has 0 amide bonds. The summed E-state index contributed by atoms with van der Waals surface area (Å²) in [4.78, 5) is 0. The molecule has 0 spiro atoms. The van der Waals surface area contributed by atoms with Crippen LogP contribution < -0.4 is 15.2 Å². The van der Waals surface area contributed by atoms with Crippen LogP contribution in [0.4, 0.5) is 0 Å². The first-order valence-electron chi connectivity index (χ1n) is 4.48. The van der Waals surface area contributed by atoms with Crippen molar-refractivity contribution in [2.75, 3.05) is 20.3 Å². The van der Waals surface area contributed by atoms with Crippen LogP contribution in [0.1, 0.15) is 6.42 Å². The standard InChI is InChI=1S/C10H15NO3/c1-13-10-7-8(3-4-9(10)12)14-6-2-5-11/h3-4,7,12H,2,5-6,11H2,1H3. The van der Waals surface area contributed by atoms with Gasteiger partial charge in [0.05, 0.1) is 13.7 Å². The molecule has 0 fully saturated rings. The van der Waals surface area contributed by atoms with Crippen LogP contribution in [0.5, 0.6) is 17.2 Å². The van der Waals surface area contributed by atoms with Crippen molar-refractivity contribution in [1.29, 1.82) is 0 Å². The van der Waals surface area contributed by atoms with E-state index in [4.69, 9.17) is 15.2 Å². The average Bonchev–Trinajstić information content (AvgIpc) is 2.21. The minimum atomic E-state index is 0.110. The van der Waals surface area contributed by atoms with Gasteiger partial charge in [0.15, 0.2) is 11.5 Å². The smallest absolute Gasteiger partial charge is 0.164 e. The van der Waals surface area contributed by atoms with Gasteiger partial charge in [0.1, 0.15) is 5.75 Å². The Morgan fingerprint density at radius 2 is 2.21 bits per heavy atom. The number of aromatic hydroxyl groups is 1. The predicted octanol–water partition coefficient (Wildman–Crippen LogP) is 1.13. The van der Waals surface area contributed by atoms with Gasteiger partial charge in [0.2, 0.25) is 0 Å². The Morgan fingerprint density at radius 1 is 1.43 bits per heavy atom. The van der Waals surface area contributed by atoms with Gasteiger partial charge in [-0.3, -0.25) is 0 Å². The third-order valence-electron chi connectivity index (χ3n) is 1.77. The minimum Gasteiger partial charge on any atom is -0.504 e. The van der Waals surface area contributed by atoms with Crippen LogP contribution >= 0.6 is 0 Å². The summed E-state index contributed by atoms with van der Waals surface area (Å²) >= 11 is 0. The van der Waals surface area contributed by atoms with E-state index in [1.165, 1.54) is 13.2 Å². The van der Waals surface area contributed by atoms with Gasteiger partial charge in [-0.15, -0.1) is 0 Å². The number of phenols is 1. The molecule has 0 saturated heterocycles. The maximum atomic E-state index is 9.31. The third-order valence-corrected chi connectivity index (χ3v) is 1.77. The van der Waals surface area contributed by atoms with Gasteiger partial charge in [-0.25, -0.2) is 0 Å². The van der Waals surface area contributed by atoms with Crippen LogP contribution in [0.2, 0.25) is 0 Å². The van der Waals surface area contributed by atoms with Crippen LogP contribution in [0.25, 0.3) is 0 Å². The van der Waals surface area contributed by atoms with E-state index in [0.29, 0.717) is 24.7 Å². The van der Waals surface area contributed by atoms with Gasteiger partial charge < -0.3 is 20.3 Å². The fraction of sp³-hybridized carbons (Fsp3) is 0.400. The first-order valence-corrected chi connectivity index (χ1v) is 4.48. The highest BCUT2D eigenvalue weighted by atomic mass is 16.5. The molecule has 0 aromatic heterocycles. The molecule has 78 valence electrons. The van der Waals surface area contributed by atoms with Crippen molar-refractivity contribution in [3.8, 4) is 17.2 Å². The van der Waals surface area contributed by atoms with Crippen molar-refractivity contribution < 1.29 is 14.6 Å². The lowest BCUT2D eigenvalue weighted by Crippen LogP contribution is -2.06. The fourth-order valence-corrected chi connectivity index (χ4v) is 1.02. The maximum absolute atomic E-state index is 9.31. The number of hydrogen-bond acceptors (Lipinski definition) is 4. The zero-order valence-corrected chi connectivity index (χ0v) is 8.19. The lowest BCUT2D eigenvalue weighted by atomic mass is 10.3. The molecule has 0 aliphatic heterocycles. The zero-order valence-electron chi connectivity index (χ0n) is 8.19. The second-order valence-electron chi connectivity index (χ2n) is 2.82. The molecule has 0 radical (unpaired) electrons. The molecule has 0 saturated carbocycles. The molecule has 4 heteroatoms. The van der Waals surface area contributed by atoms with E-state index in [1.807, 2.05) is 0 Å². The first kappa shape index (κ1) is 10.7. The summed E-state index contributed by atoms with van der Waals surface area (Å²) in [5.41, 5.74) is 5.33. The van der Waals surface area contributed by atoms with Gasteiger partial charge >= 0.3 is 0 Å². The molecule has 0 aliphatic rings. The summed E-state index contributed by atoms with van der Waals surface area (Å²) in [6, 6.07) is 4.87. The number of hydrogen-bond donors (Lipinski definition) is 2. The highest BCUT2D eigenvalue weighted by Crippen LogP contribution is 2.29. The molecule has 4 nitrogen and oxygen atoms in total.